The van der Waals surface area contributed by atoms with Gasteiger partial charge >= 0.3 is 12.1 Å². The number of H-pyrrole nitrogens is 1. The number of ether oxygens (including phenoxy) is 1. The molecule has 3 heterocycles. The molecule has 1 fully saturated rings. The summed E-state index contributed by atoms with van der Waals surface area (Å²) < 4.78 is 70.8. The second kappa shape index (κ2) is 10.6. The fourth-order valence-electron chi connectivity index (χ4n) is 3.80. The lowest BCUT2D eigenvalue weighted by Gasteiger charge is -2.20. The normalized spacial score (nSPS) is 15.9. The van der Waals surface area contributed by atoms with Gasteiger partial charge in [0.15, 0.2) is 0 Å². The Kier molecular flexibility index (Phi) is 7.63. The third-order valence-corrected chi connectivity index (χ3v) is 8.77. The van der Waals surface area contributed by atoms with Crippen LogP contribution in [0.3, 0.4) is 0 Å². The van der Waals surface area contributed by atoms with Crippen LogP contribution in [0.2, 0.25) is 0 Å². The van der Waals surface area contributed by atoms with Gasteiger partial charge in [-0.15, -0.1) is 11.3 Å². The summed E-state index contributed by atoms with van der Waals surface area (Å²) in [6.45, 7) is -0.282. The minimum atomic E-state index is -5.26. The Bertz CT molecular complexity index is 1620. The van der Waals surface area contributed by atoms with Crippen LogP contribution in [0.5, 0.6) is 5.75 Å². The zero-order valence-electron chi connectivity index (χ0n) is 19.7. The maximum absolute atomic E-state index is 13.0. The van der Waals surface area contributed by atoms with E-state index in [4.69, 9.17) is 11.1 Å². The number of nitrogen functional groups attached to an aromatic ring is 1. The monoisotopic (exact) mass is 583 g/mol. The highest BCUT2D eigenvalue weighted by atomic mass is 32.2. The molecule has 39 heavy (non-hydrogen) atoms. The van der Waals surface area contributed by atoms with Crippen LogP contribution in [0.25, 0.3) is 10.4 Å². The average Bonchev–Trinajstić information content (AvgIpc) is 3.48. The van der Waals surface area contributed by atoms with Crippen molar-refractivity contribution >= 4 is 39.1 Å². The number of hydrogen-bond donors (Lipinski definition) is 4. The molecule has 1 atom stereocenters. The molecule has 11 nitrogen and oxygen atoms in total. The van der Waals surface area contributed by atoms with Crippen molar-refractivity contribution in [1.29, 1.82) is 5.41 Å². The Hall–Kier alpha value is -4.02. The Balaban J connectivity index is 1.50. The number of hydrogen-bond acceptors (Lipinski definition) is 8. The number of esters is 1. The number of nitrogens with one attached hydrogen (secondary N) is 3. The van der Waals surface area contributed by atoms with E-state index >= 15 is 0 Å². The van der Waals surface area contributed by atoms with Crippen LogP contribution in [-0.4, -0.2) is 54.8 Å². The summed E-state index contributed by atoms with van der Waals surface area (Å²) in [6.07, 6.45) is -3.77. The molecule has 0 radical (unpaired) electrons. The number of thiophene rings is 1. The topological polar surface area (TPSA) is 176 Å². The smallest absolute Gasteiger partial charge is 0.420 e. The van der Waals surface area contributed by atoms with Gasteiger partial charge in [0, 0.05) is 41.4 Å². The zero-order valence-corrected chi connectivity index (χ0v) is 21.4. The third-order valence-electron chi connectivity index (χ3n) is 5.67. The molecule has 2 aromatic heterocycles. The van der Waals surface area contributed by atoms with E-state index < -0.39 is 45.7 Å². The largest absolute Gasteiger partial charge is 0.491 e. The number of likely N-dealkylation sites (tertiary alicyclic amines) is 1. The number of sulfonamides is 1. The van der Waals surface area contributed by atoms with Crippen LogP contribution in [0.4, 0.5) is 13.2 Å². The molecule has 16 heteroatoms. The highest BCUT2D eigenvalue weighted by Gasteiger charge is 2.42. The summed E-state index contributed by atoms with van der Waals surface area (Å²) in [5, 5.41) is 7.56. The van der Waals surface area contributed by atoms with Crippen LogP contribution in [0, 0.1) is 5.41 Å². The van der Waals surface area contributed by atoms with Crippen molar-refractivity contribution in [3.8, 4) is 16.2 Å². The maximum Gasteiger partial charge on any atom is 0.491 e. The number of aromatic nitrogens is 1. The van der Waals surface area contributed by atoms with E-state index in [1.54, 1.807) is 6.07 Å². The molecule has 1 aliphatic heterocycles. The van der Waals surface area contributed by atoms with Gasteiger partial charge in [-0.25, -0.2) is 13.2 Å². The molecular weight excluding hydrogens is 563 g/mol. The minimum absolute atomic E-state index is 0.0297. The van der Waals surface area contributed by atoms with Gasteiger partial charge in [-0.1, -0.05) is 0 Å². The third kappa shape index (κ3) is 6.35. The fourth-order valence-corrected chi connectivity index (χ4v) is 6.34. The van der Waals surface area contributed by atoms with Crippen molar-refractivity contribution in [2.24, 2.45) is 5.73 Å². The van der Waals surface area contributed by atoms with Gasteiger partial charge in [0.25, 0.3) is 10.0 Å². The van der Waals surface area contributed by atoms with Crippen LogP contribution in [0.15, 0.2) is 57.7 Å². The summed E-state index contributed by atoms with van der Waals surface area (Å²) in [4.78, 5) is 40.1. The van der Waals surface area contributed by atoms with E-state index in [2.05, 4.69) is 14.4 Å². The molecule has 0 bridgehead atoms. The summed E-state index contributed by atoms with van der Waals surface area (Å²) in [5.41, 5.74) is 5.70. The van der Waals surface area contributed by atoms with Gasteiger partial charge in [0.05, 0.1) is 0 Å². The molecule has 1 aromatic carbocycles. The van der Waals surface area contributed by atoms with Crippen LogP contribution in [-0.2, 0) is 26.2 Å². The molecule has 0 saturated carbocycles. The molecule has 0 aliphatic carbocycles. The number of nitrogens with two attached hydrogens (primary N) is 1. The van der Waals surface area contributed by atoms with Gasteiger partial charge in [-0.05, 0) is 48.4 Å². The minimum Gasteiger partial charge on any atom is -0.420 e. The number of amidine groups is 1. The molecule has 1 amide bonds. The number of benzene rings is 1. The number of alkyl halides is 3. The lowest BCUT2D eigenvalue weighted by Crippen LogP contribution is -2.41. The van der Waals surface area contributed by atoms with E-state index in [1.807, 2.05) is 0 Å². The van der Waals surface area contributed by atoms with E-state index in [1.165, 1.54) is 41.4 Å². The van der Waals surface area contributed by atoms with Gasteiger partial charge in [-0.3, -0.25) is 15.0 Å². The molecule has 1 saturated heterocycles. The molecule has 1 aliphatic rings. The summed E-state index contributed by atoms with van der Waals surface area (Å²) >= 11 is 0.903. The molecule has 3 aromatic rings. The molecule has 0 unspecified atom stereocenters. The first-order valence-corrected chi connectivity index (χ1v) is 13.4. The number of amides is 1. The van der Waals surface area contributed by atoms with Crippen molar-refractivity contribution in [2.75, 3.05) is 6.54 Å². The Morgan fingerprint density at radius 2 is 1.95 bits per heavy atom. The highest BCUT2D eigenvalue weighted by Crippen LogP contribution is 2.31. The zero-order chi connectivity index (χ0) is 28.5. The lowest BCUT2D eigenvalue weighted by atomic mass is 10.1. The van der Waals surface area contributed by atoms with E-state index in [0.29, 0.717) is 10.4 Å². The van der Waals surface area contributed by atoms with Crippen LogP contribution >= 0.6 is 11.3 Å². The molecular formula is C23H20F3N5O6S2. The number of rotatable bonds is 8. The second-order valence-corrected chi connectivity index (χ2v) is 11.4. The summed E-state index contributed by atoms with van der Waals surface area (Å²) in [5.74, 6) is -4.00. The van der Waals surface area contributed by atoms with Crippen molar-refractivity contribution in [1.82, 2.24) is 14.6 Å². The van der Waals surface area contributed by atoms with Crippen molar-refractivity contribution < 1.29 is 35.9 Å². The van der Waals surface area contributed by atoms with E-state index in [-0.39, 0.29) is 40.4 Å². The van der Waals surface area contributed by atoms with Crippen molar-refractivity contribution in [3.63, 3.8) is 0 Å². The first kappa shape index (κ1) is 28.0. The SMILES string of the molecule is N=C(N)c1ccc(OC(=O)C(F)(F)F)c(CN2CC[C@H](NS(=O)(=O)c3ccc(-c4cc[nH]c(=O)c4)s3)C2=O)c1. The second-order valence-electron chi connectivity index (χ2n) is 8.41. The van der Waals surface area contributed by atoms with Gasteiger partial charge in [-0.2, -0.15) is 17.9 Å². The maximum atomic E-state index is 13.0. The lowest BCUT2D eigenvalue weighted by molar-refractivity contribution is -0.189. The first-order valence-electron chi connectivity index (χ1n) is 11.1. The molecule has 0 spiro atoms. The predicted molar refractivity (Wildman–Crippen MR) is 134 cm³/mol. The Morgan fingerprint density at radius 3 is 2.62 bits per heavy atom. The summed E-state index contributed by atoms with van der Waals surface area (Å²) in [6, 6.07) is 8.08. The summed E-state index contributed by atoms with van der Waals surface area (Å²) in [7, 11) is -4.13. The van der Waals surface area contributed by atoms with Gasteiger partial charge in [0.2, 0.25) is 11.5 Å². The Labute approximate surface area is 223 Å². The number of carbonyl (C=O) groups excluding carboxylic acids is 2. The number of halogens is 3. The fraction of sp³-hybridized carbons (Fsp3) is 0.217. The number of aromatic amines is 1. The van der Waals surface area contributed by atoms with Crippen LogP contribution < -0.4 is 20.8 Å². The first-order chi connectivity index (χ1) is 18.2. The quantitative estimate of drug-likeness (QED) is 0.136. The molecule has 4 rings (SSSR count). The van der Waals surface area contributed by atoms with Crippen LogP contribution in [0.1, 0.15) is 17.5 Å². The van der Waals surface area contributed by atoms with E-state index in [0.717, 1.165) is 17.4 Å². The molecule has 5 N–H and O–H groups in total. The number of pyridine rings is 1. The standard InChI is InChI=1S/C23H20F3N5O6S2/c24-23(25,26)22(34)37-16-2-1-13(20(27)28)9-14(16)11-31-8-6-15(21(31)33)30-39(35,36)19-4-3-17(38-19)12-5-7-29-18(32)10-12/h1-5,7,9-10,15,30H,6,8,11H2,(H3,27,28)(H,29,32)/t15-/m0/s1. The van der Waals surface area contributed by atoms with Crippen molar-refractivity contribution in [2.45, 2.75) is 29.4 Å². The van der Waals surface area contributed by atoms with E-state index in [9.17, 15) is 36.0 Å². The number of nitrogens with zero attached hydrogens (tertiary/aromatic N) is 1. The molecule has 206 valence electrons. The average molecular weight is 584 g/mol. The Morgan fingerprint density at radius 1 is 1.21 bits per heavy atom. The van der Waals surface area contributed by atoms with Gasteiger partial charge < -0.3 is 20.4 Å². The number of carbonyl (C=O) groups is 2. The van der Waals surface area contributed by atoms with Gasteiger partial charge in [0.1, 0.15) is 21.8 Å². The highest BCUT2D eigenvalue weighted by molar-refractivity contribution is 7.91. The predicted octanol–water partition coefficient (Wildman–Crippen LogP) is 1.93. The van der Waals surface area contributed by atoms with Crippen molar-refractivity contribution in [3.05, 3.63) is 70.1 Å².